The van der Waals surface area contributed by atoms with E-state index in [0.717, 1.165) is 48.7 Å². The number of hydrogen-bond donors (Lipinski definition) is 2. The first-order valence-electron chi connectivity index (χ1n) is 12.5. The van der Waals surface area contributed by atoms with Crippen molar-refractivity contribution < 1.29 is 9.90 Å². The Morgan fingerprint density at radius 3 is 2.59 bits per heavy atom. The Labute approximate surface area is 205 Å². The van der Waals surface area contributed by atoms with Crippen molar-refractivity contribution in [3.63, 3.8) is 0 Å². The molecule has 6 rings (SSSR count). The summed E-state index contributed by atoms with van der Waals surface area (Å²) >= 11 is 6.15. The molecule has 180 valence electrons. The molecule has 2 saturated heterocycles. The zero-order valence-corrected chi connectivity index (χ0v) is 20.3. The van der Waals surface area contributed by atoms with Gasteiger partial charge in [-0.25, -0.2) is 9.97 Å². The molecule has 0 bridgehead atoms. The van der Waals surface area contributed by atoms with E-state index < -0.39 is 6.10 Å². The minimum absolute atomic E-state index is 0.168. The van der Waals surface area contributed by atoms with Crippen LogP contribution in [-0.2, 0) is 4.79 Å². The summed E-state index contributed by atoms with van der Waals surface area (Å²) < 4.78 is 0. The molecule has 1 saturated carbocycles. The summed E-state index contributed by atoms with van der Waals surface area (Å²) in [5, 5.41) is 14.7. The number of aliphatic hydroxyl groups excluding tert-OH is 1. The summed E-state index contributed by atoms with van der Waals surface area (Å²) in [6.45, 7) is 5.93. The van der Waals surface area contributed by atoms with Crippen LogP contribution < -0.4 is 10.2 Å². The number of rotatable bonds is 4. The summed E-state index contributed by atoms with van der Waals surface area (Å²) in [5.74, 6) is 1.16. The number of carbonyl (C=O) groups is 1. The second-order valence-electron chi connectivity index (χ2n) is 10.7. The quantitative estimate of drug-likeness (QED) is 0.697. The molecule has 0 radical (unpaired) electrons. The predicted octanol–water partition coefficient (Wildman–Crippen LogP) is 3.25. The molecule has 4 atom stereocenters. The average Bonchev–Trinajstić information content (AvgIpc) is 3.38. The summed E-state index contributed by atoms with van der Waals surface area (Å²) in [4.78, 5) is 27.1. The fourth-order valence-corrected chi connectivity index (χ4v) is 6.38. The number of anilines is 1. The van der Waals surface area contributed by atoms with E-state index in [1.165, 1.54) is 12.8 Å². The number of amides is 1. The van der Waals surface area contributed by atoms with Crippen molar-refractivity contribution in [3.8, 4) is 0 Å². The lowest BCUT2D eigenvalue weighted by atomic mass is 9.86. The summed E-state index contributed by atoms with van der Waals surface area (Å²) in [6, 6.07) is 7.97. The van der Waals surface area contributed by atoms with Gasteiger partial charge in [-0.15, -0.1) is 0 Å². The molecule has 3 fully saturated rings. The Morgan fingerprint density at radius 1 is 1.18 bits per heavy atom. The van der Waals surface area contributed by atoms with Crippen molar-refractivity contribution in [2.75, 3.05) is 37.6 Å². The van der Waals surface area contributed by atoms with Crippen LogP contribution in [0.2, 0.25) is 5.02 Å². The lowest BCUT2D eigenvalue weighted by molar-refractivity contribution is -0.133. The maximum Gasteiger partial charge on any atom is 0.231 e. The summed E-state index contributed by atoms with van der Waals surface area (Å²) in [6.07, 6.45) is 5.35. The van der Waals surface area contributed by atoms with E-state index >= 15 is 0 Å². The summed E-state index contributed by atoms with van der Waals surface area (Å²) in [7, 11) is 0. The first kappa shape index (κ1) is 22.3. The van der Waals surface area contributed by atoms with Gasteiger partial charge in [-0.2, -0.15) is 0 Å². The summed E-state index contributed by atoms with van der Waals surface area (Å²) in [5.41, 5.74) is 3.30. The smallest absolute Gasteiger partial charge is 0.231 e. The molecule has 1 aromatic heterocycles. The molecule has 2 N–H and O–H groups in total. The van der Waals surface area contributed by atoms with Gasteiger partial charge in [0, 0.05) is 49.4 Å². The minimum Gasteiger partial charge on any atom is -0.387 e. The first-order chi connectivity index (χ1) is 16.4. The van der Waals surface area contributed by atoms with Crippen LogP contribution in [0.5, 0.6) is 0 Å². The Kier molecular flexibility index (Phi) is 5.54. The van der Waals surface area contributed by atoms with E-state index in [0.29, 0.717) is 29.9 Å². The molecular weight excluding hydrogens is 450 g/mol. The molecule has 4 aliphatic rings. The van der Waals surface area contributed by atoms with E-state index in [-0.39, 0.29) is 23.8 Å². The highest BCUT2D eigenvalue weighted by Crippen LogP contribution is 2.53. The Morgan fingerprint density at radius 2 is 1.91 bits per heavy atom. The number of hydrogen-bond acceptors (Lipinski definition) is 6. The first-order valence-corrected chi connectivity index (χ1v) is 12.9. The minimum atomic E-state index is -0.511. The molecule has 0 unspecified atom stereocenters. The van der Waals surface area contributed by atoms with Gasteiger partial charge in [0.25, 0.3) is 0 Å². The van der Waals surface area contributed by atoms with Gasteiger partial charge in [-0.1, -0.05) is 30.7 Å². The van der Waals surface area contributed by atoms with Gasteiger partial charge in [-0.3, -0.25) is 4.79 Å². The Hall–Kier alpha value is -2.22. The molecule has 2 aromatic rings. The van der Waals surface area contributed by atoms with E-state index in [1.54, 1.807) is 6.33 Å². The number of nitrogens with zero attached hydrogens (tertiary/aromatic N) is 4. The fourth-order valence-electron chi connectivity index (χ4n) is 6.26. The van der Waals surface area contributed by atoms with Crippen LogP contribution in [0.15, 0.2) is 30.6 Å². The topological polar surface area (TPSA) is 81.6 Å². The largest absolute Gasteiger partial charge is 0.387 e. The second kappa shape index (κ2) is 8.47. The molecule has 1 spiro atoms. The Bertz CT molecular complexity index is 1080. The standard InChI is InChI=1S/C26H32ClN5O2/c1-16-12-20(33)23-21(16)24(30-15-29-23)31-8-10-32(11-9-31)25(34)22(17-2-4-18(27)5-3-17)19-13-26(6-7-26)14-28-19/h2-5,15-16,19-20,22,28,33H,6-14H2,1H3/t16-,19+,20-,22+/m1/s1. The van der Waals surface area contributed by atoms with Gasteiger partial charge in [0.1, 0.15) is 12.1 Å². The lowest BCUT2D eigenvalue weighted by Crippen LogP contribution is -2.52. The van der Waals surface area contributed by atoms with E-state index in [1.807, 2.05) is 29.2 Å². The van der Waals surface area contributed by atoms with Gasteiger partial charge >= 0.3 is 0 Å². The number of piperazine rings is 1. The second-order valence-corrected chi connectivity index (χ2v) is 11.1. The van der Waals surface area contributed by atoms with Gasteiger partial charge in [0.15, 0.2) is 0 Å². The SMILES string of the molecule is C[C@@H]1C[C@@H](O)c2ncnc(N3CCN(C(=O)[C@@H](c4ccc(Cl)cc4)[C@@H]4CC5(CC5)CN4)CC3)c21. The van der Waals surface area contributed by atoms with Gasteiger partial charge in [0.2, 0.25) is 5.91 Å². The zero-order chi connectivity index (χ0) is 23.4. The maximum atomic E-state index is 13.9. The van der Waals surface area contributed by atoms with Gasteiger partial charge in [-0.05, 0) is 54.7 Å². The molecular formula is C26H32ClN5O2. The third kappa shape index (κ3) is 3.88. The monoisotopic (exact) mass is 481 g/mol. The van der Waals surface area contributed by atoms with Crippen molar-refractivity contribution >= 4 is 23.3 Å². The van der Waals surface area contributed by atoms with Gasteiger partial charge in [0.05, 0.1) is 17.7 Å². The molecule has 1 aromatic carbocycles. The number of fused-ring (bicyclic) bond motifs is 1. The van der Waals surface area contributed by atoms with Crippen LogP contribution in [0.1, 0.15) is 67.4 Å². The number of halogens is 1. The van der Waals surface area contributed by atoms with Crippen LogP contribution in [0, 0.1) is 5.41 Å². The number of benzene rings is 1. The highest BCUT2D eigenvalue weighted by molar-refractivity contribution is 6.30. The number of carbonyl (C=O) groups excluding carboxylic acids is 1. The van der Waals surface area contributed by atoms with Gasteiger partial charge < -0.3 is 20.2 Å². The Balaban J connectivity index is 1.20. The van der Waals surface area contributed by atoms with E-state index in [4.69, 9.17) is 11.6 Å². The lowest BCUT2D eigenvalue weighted by Gasteiger charge is -2.39. The van der Waals surface area contributed by atoms with Crippen LogP contribution >= 0.6 is 11.6 Å². The van der Waals surface area contributed by atoms with Crippen LogP contribution in [-0.4, -0.2) is 64.6 Å². The van der Waals surface area contributed by atoms with Crippen molar-refractivity contribution in [3.05, 3.63) is 52.4 Å². The highest BCUT2D eigenvalue weighted by Gasteiger charge is 2.51. The fraction of sp³-hybridized carbons (Fsp3) is 0.577. The number of nitrogens with one attached hydrogen (secondary N) is 1. The zero-order valence-electron chi connectivity index (χ0n) is 19.6. The van der Waals surface area contributed by atoms with Crippen molar-refractivity contribution in [1.82, 2.24) is 20.2 Å². The van der Waals surface area contributed by atoms with Crippen molar-refractivity contribution in [2.24, 2.45) is 5.41 Å². The average molecular weight is 482 g/mol. The van der Waals surface area contributed by atoms with Crippen LogP contribution in [0.3, 0.4) is 0 Å². The van der Waals surface area contributed by atoms with E-state index in [9.17, 15) is 9.90 Å². The maximum absolute atomic E-state index is 13.9. The third-order valence-electron chi connectivity index (χ3n) is 8.42. The normalized spacial score (nSPS) is 28.3. The van der Waals surface area contributed by atoms with Crippen LogP contribution in [0.25, 0.3) is 0 Å². The molecule has 7 nitrogen and oxygen atoms in total. The molecule has 2 aliphatic carbocycles. The molecule has 8 heteroatoms. The van der Waals surface area contributed by atoms with Crippen molar-refractivity contribution in [2.45, 2.75) is 56.6 Å². The molecule has 3 heterocycles. The molecule has 1 amide bonds. The number of aromatic nitrogens is 2. The third-order valence-corrected chi connectivity index (χ3v) is 8.67. The van der Waals surface area contributed by atoms with Crippen LogP contribution in [0.4, 0.5) is 5.82 Å². The highest BCUT2D eigenvalue weighted by atomic mass is 35.5. The molecule has 34 heavy (non-hydrogen) atoms. The predicted molar refractivity (Wildman–Crippen MR) is 131 cm³/mol. The number of aliphatic hydroxyl groups is 1. The van der Waals surface area contributed by atoms with E-state index in [2.05, 4.69) is 27.1 Å². The van der Waals surface area contributed by atoms with Crippen molar-refractivity contribution in [1.29, 1.82) is 0 Å². The molecule has 2 aliphatic heterocycles.